The van der Waals surface area contributed by atoms with Gasteiger partial charge in [0, 0.05) is 5.56 Å². The van der Waals surface area contributed by atoms with Crippen molar-refractivity contribution in [3.05, 3.63) is 17.8 Å². The largest absolute Gasteiger partial charge is 0.481 e. The molecule has 0 amide bonds. The van der Waals surface area contributed by atoms with Crippen LogP contribution in [0.2, 0.25) is 0 Å². The second-order valence-electron chi connectivity index (χ2n) is 3.24. The van der Waals surface area contributed by atoms with Crippen molar-refractivity contribution in [2.75, 3.05) is 12.8 Å². The molecule has 0 saturated carbocycles. The van der Waals surface area contributed by atoms with E-state index in [0.717, 1.165) is 0 Å². The Hall–Kier alpha value is -1.84. The molecule has 2 atom stereocenters. The molecule has 0 fully saturated rings. The summed E-state index contributed by atoms with van der Waals surface area (Å²) in [5.41, 5.74) is 6.13. The molecular weight excluding hydrogens is 210 g/mol. The van der Waals surface area contributed by atoms with Crippen molar-refractivity contribution in [3.63, 3.8) is 0 Å². The van der Waals surface area contributed by atoms with Crippen molar-refractivity contribution in [1.29, 1.82) is 5.26 Å². The van der Waals surface area contributed by atoms with E-state index in [2.05, 4.69) is 4.98 Å². The number of nitrogen functional groups attached to an aromatic ring is 1. The highest BCUT2D eigenvalue weighted by Crippen LogP contribution is 2.27. The molecule has 1 aromatic rings. The number of aromatic nitrogens is 1. The lowest BCUT2D eigenvalue weighted by molar-refractivity contribution is 0.0199. The van der Waals surface area contributed by atoms with Gasteiger partial charge in [-0.25, -0.2) is 4.98 Å². The monoisotopic (exact) mass is 223 g/mol. The molecule has 6 heteroatoms. The molecule has 0 radical (unpaired) electrons. The van der Waals surface area contributed by atoms with E-state index in [9.17, 15) is 10.2 Å². The van der Waals surface area contributed by atoms with Gasteiger partial charge in [0.05, 0.1) is 37.6 Å². The number of rotatable bonds is 4. The van der Waals surface area contributed by atoms with E-state index in [1.807, 2.05) is 0 Å². The highest BCUT2D eigenvalue weighted by atomic mass is 16.5. The minimum Gasteiger partial charge on any atom is -0.481 e. The summed E-state index contributed by atoms with van der Waals surface area (Å²) in [6, 6.07) is 3.22. The van der Waals surface area contributed by atoms with Crippen molar-refractivity contribution >= 4 is 5.69 Å². The van der Waals surface area contributed by atoms with Crippen LogP contribution in [-0.4, -0.2) is 28.4 Å². The van der Waals surface area contributed by atoms with Crippen LogP contribution in [0.15, 0.2) is 12.3 Å². The van der Waals surface area contributed by atoms with Gasteiger partial charge < -0.3 is 20.7 Å². The van der Waals surface area contributed by atoms with Crippen molar-refractivity contribution < 1.29 is 14.9 Å². The Bertz CT molecular complexity index is 403. The lowest BCUT2D eigenvalue weighted by Crippen LogP contribution is -2.18. The van der Waals surface area contributed by atoms with Crippen molar-refractivity contribution in [2.24, 2.45) is 0 Å². The summed E-state index contributed by atoms with van der Waals surface area (Å²) in [7, 11) is 1.39. The summed E-state index contributed by atoms with van der Waals surface area (Å²) in [6.45, 7) is 0. The van der Waals surface area contributed by atoms with Crippen LogP contribution in [0.25, 0.3) is 0 Å². The quantitative estimate of drug-likeness (QED) is 0.661. The molecule has 2 unspecified atom stereocenters. The lowest BCUT2D eigenvalue weighted by Gasteiger charge is -2.17. The lowest BCUT2D eigenvalue weighted by atomic mass is 10.0. The number of ether oxygens (including phenoxy) is 1. The Labute approximate surface area is 92.9 Å². The predicted molar refractivity (Wildman–Crippen MR) is 56.4 cm³/mol. The van der Waals surface area contributed by atoms with E-state index in [-0.39, 0.29) is 17.9 Å². The van der Waals surface area contributed by atoms with Gasteiger partial charge in [-0.3, -0.25) is 0 Å². The molecule has 0 aromatic carbocycles. The highest BCUT2D eigenvalue weighted by Gasteiger charge is 2.22. The minimum absolute atomic E-state index is 0.179. The SMILES string of the molecule is COc1ncc(N)cc1C(O)C(O)CC#N. The molecule has 0 bridgehead atoms. The molecule has 6 nitrogen and oxygen atoms in total. The van der Waals surface area contributed by atoms with Gasteiger partial charge in [0.25, 0.3) is 0 Å². The Morgan fingerprint density at radius 2 is 2.31 bits per heavy atom. The van der Waals surface area contributed by atoms with Gasteiger partial charge in [-0.05, 0) is 6.07 Å². The average Bonchev–Trinajstić information content (AvgIpc) is 2.28. The first kappa shape index (κ1) is 12.2. The van der Waals surface area contributed by atoms with Gasteiger partial charge in [0.2, 0.25) is 5.88 Å². The Morgan fingerprint density at radius 3 is 2.88 bits per heavy atom. The number of nitriles is 1. The van der Waals surface area contributed by atoms with Crippen LogP contribution < -0.4 is 10.5 Å². The first-order chi connectivity index (χ1) is 7.60. The number of pyridine rings is 1. The van der Waals surface area contributed by atoms with E-state index >= 15 is 0 Å². The predicted octanol–water partition coefficient (Wildman–Crippen LogP) is -0.0196. The van der Waals surface area contributed by atoms with Gasteiger partial charge in [-0.15, -0.1) is 0 Å². The Balaban J connectivity index is 3.01. The number of aliphatic hydroxyl groups excluding tert-OH is 2. The third-order valence-corrected chi connectivity index (χ3v) is 2.08. The molecule has 4 N–H and O–H groups in total. The number of hydrogen-bond acceptors (Lipinski definition) is 6. The molecule has 0 aliphatic rings. The average molecular weight is 223 g/mol. The van der Waals surface area contributed by atoms with Crippen LogP contribution in [0.5, 0.6) is 5.88 Å². The van der Waals surface area contributed by atoms with Crippen molar-refractivity contribution in [2.45, 2.75) is 18.6 Å². The zero-order valence-corrected chi connectivity index (χ0v) is 8.79. The molecule has 0 aliphatic carbocycles. The van der Waals surface area contributed by atoms with Crippen LogP contribution in [0, 0.1) is 11.3 Å². The second-order valence-corrected chi connectivity index (χ2v) is 3.24. The fourth-order valence-corrected chi connectivity index (χ4v) is 1.28. The minimum atomic E-state index is -1.24. The Morgan fingerprint density at radius 1 is 1.62 bits per heavy atom. The molecule has 0 saturated heterocycles. The maximum absolute atomic E-state index is 9.78. The van der Waals surface area contributed by atoms with E-state index in [0.29, 0.717) is 5.69 Å². The fourth-order valence-electron chi connectivity index (χ4n) is 1.28. The second kappa shape index (κ2) is 5.30. The molecular formula is C10H13N3O3. The normalized spacial score (nSPS) is 13.9. The van der Waals surface area contributed by atoms with E-state index in [1.54, 1.807) is 6.07 Å². The van der Waals surface area contributed by atoms with Crippen molar-refractivity contribution in [3.8, 4) is 11.9 Å². The summed E-state index contributed by atoms with van der Waals surface area (Å²) in [5, 5.41) is 27.7. The molecule has 1 heterocycles. The van der Waals surface area contributed by atoms with Crippen LogP contribution >= 0.6 is 0 Å². The van der Waals surface area contributed by atoms with Gasteiger partial charge in [0.15, 0.2) is 0 Å². The summed E-state index contributed by atoms with van der Waals surface area (Å²) >= 11 is 0. The summed E-state index contributed by atoms with van der Waals surface area (Å²) in [4.78, 5) is 3.86. The molecule has 1 aromatic heterocycles. The number of hydrogen-bond donors (Lipinski definition) is 3. The van der Waals surface area contributed by atoms with Crippen LogP contribution in [-0.2, 0) is 0 Å². The van der Waals surface area contributed by atoms with Gasteiger partial charge in [-0.2, -0.15) is 5.26 Å². The molecule has 86 valence electrons. The maximum atomic E-state index is 9.78. The zero-order chi connectivity index (χ0) is 12.1. The van der Waals surface area contributed by atoms with E-state index in [4.69, 9.17) is 15.7 Å². The first-order valence-corrected chi connectivity index (χ1v) is 4.62. The number of methoxy groups -OCH3 is 1. The fraction of sp³-hybridized carbons (Fsp3) is 0.400. The van der Waals surface area contributed by atoms with E-state index in [1.165, 1.54) is 19.4 Å². The van der Waals surface area contributed by atoms with Crippen LogP contribution in [0.4, 0.5) is 5.69 Å². The third-order valence-electron chi connectivity index (χ3n) is 2.08. The van der Waals surface area contributed by atoms with Gasteiger partial charge in [-0.1, -0.05) is 0 Å². The third kappa shape index (κ3) is 2.59. The zero-order valence-electron chi connectivity index (χ0n) is 8.79. The topological polar surface area (TPSA) is 112 Å². The van der Waals surface area contributed by atoms with Crippen LogP contribution in [0.1, 0.15) is 18.1 Å². The maximum Gasteiger partial charge on any atom is 0.219 e. The molecule has 0 aliphatic heterocycles. The number of anilines is 1. The van der Waals surface area contributed by atoms with Gasteiger partial charge in [0.1, 0.15) is 6.10 Å². The van der Waals surface area contributed by atoms with E-state index < -0.39 is 12.2 Å². The Kier molecular flexibility index (Phi) is 4.05. The molecule has 0 spiro atoms. The van der Waals surface area contributed by atoms with Crippen LogP contribution in [0.3, 0.4) is 0 Å². The van der Waals surface area contributed by atoms with Gasteiger partial charge >= 0.3 is 0 Å². The highest BCUT2D eigenvalue weighted by molar-refractivity contribution is 5.43. The van der Waals surface area contributed by atoms with Crippen molar-refractivity contribution in [1.82, 2.24) is 4.98 Å². The number of aliphatic hydroxyl groups is 2. The number of nitrogens with zero attached hydrogens (tertiary/aromatic N) is 2. The number of nitrogens with two attached hydrogens (primary N) is 1. The first-order valence-electron chi connectivity index (χ1n) is 4.62. The standard InChI is InChI=1S/C10H13N3O3/c1-16-10-7(4-6(12)5-13-10)9(15)8(14)2-3-11/h4-5,8-9,14-15H,2,12H2,1H3. The summed E-state index contributed by atoms with van der Waals surface area (Å²) in [6.07, 6.45) is -1.24. The molecule has 1 rings (SSSR count). The summed E-state index contributed by atoms with van der Waals surface area (Å²) < 4.78 is 4.93. The molecule has 16 heavy (non-hydrogen) atoms. The smallest absolute Gasteiger partial charge is 0.219 e. The summed E-state index contributed by atoms with van der Waals surface area (Å²) in [5.74, 6) is 0.179.